The summed E-state index contributed by atoms with van der Waals surface area (Å²) >= 11 is 3.93. The fourth-order valence-corrected chi connectivity index (χ4v) is 3.92. The molecule has 3 rings (SSSR count). The Labute approximate surface area is 111 Å². The summed E-state index contributed by atoms with van der Waals surface area (Å²) in [4.78, 5) is 0.524. The van der Waals surface area contributed by atoms with Gasteiger partial charge in [0.15, 0.2) is 0 Å². The first kappa shape index (κ1) is 11.3. The molecule has 0 saturated heterocycles. The molecule has 0 spiro atoms. The van der Waals surface area contributed by atoms with Crippen LogP contribution in [-0.2, 0) is 0 Å². The second kappa shape index (κ2) is 4.81. The highest BCUT2D eigenvalue weighted by Crippen LogP contribution is 2.43. The number of rotatable bonds is 2. The zero-order chi connectivity index (χ0) is 11.7. The number of hydrogen-bond donors (Lipinski definition) is 0. The molecule has 0 bridgehead atoms. The first-order valence-corrected chi connectivity index (χ1v) is 7.39. The van der Waals surface area contributed by atoms with Gasteiger partial charge in [-0.05, 0) is 35.1 Å². The Kier molecular flexibility index (Phi) is 3.19. The highest BCUT2D eigenvalue weighted by atomic mass is 79.9. The Morgan fingerprint density at radius 1 is 0.941 bits per heavy atom. The molecule has 0 radical (unpaired) electrons. The first-order chi connectivity index (χ1) is 8.36. The van der Waals surface area contributed by atoms with Crippen LogP contribution in [0.4, 0.5) is 0 Å². The molecule has 1 aliphatic rings. The second-order valence-electron chi connectivity index (χ2n) is 5.01. The summed E-state index contributed by atoms with van der Waals surface area (Å²) < 4.78 is 0. The van der Waals surface area contributed by atoms with E-state index in [-0.39, 0.29) is 0 Å². The minimum absolute atomic E-state index is 0.524. The topological polar surface area (TPSA) is 0 Å². The summed E-state index contributed by atoms with van der Waals surface area (Å²) in [5.74, 6) is 0.820. The van der Waals surface area contributed by atoms with Gasteiger partial charge in [-0.3, -0.25) is 0 Å². The van der Waals surface area contributed by atoms with E-state index in [1.807, 2.05) is 0 Å². The lowest BCUT2D eigenvalue weighted by molar-refractivity contribution is 0.544. The van der Waals surface area contributed by atoms with Gasteiger partial charge < -0.3 is 0 Å². The molecule has 1 atom stereocenters. The van der Waals surface area contributed by atoms with Crippen molar-refractivity contribution in [2.45, 2.75) is 30.5 Å². The molecule has 0 N–H and O–H groups in total. The lowest BCUT2D eigenvalue weighted by Gasteiger charge is -2.19. The van der Waals surface area contributed by atoms with E-state index in [1.165, 1.54) is 42.0 Å². The number of fused-ring (bicyclic) bond motifs is 1. The maximum Gasteiger partial charge on any atom is 0.0429 e. The van der Waals surface area contributed by atoms with Crippen LogP contribution in [0.3, 0.4) is 0 Å². The SMILES string of the molecule is BrC(c1cccc2ccccc12)C1CCCC1. The molecule has 17 heavy (non-hydrogen) atoms. The van der Waals surface area contributed by atoms with Gasteiger partial charge in [-0.1, -0.05) is 71.2 Å². The van der Waals surface area contributed by atoms with Crippen molar-refractivity contribution in [3.8, 4) is 0 Å². The minimum Gasteiger partial charge on any atom is -0.0836 e. The third kappa shape index (κ3) is 2.13. The van der Waals surface area contributed by atoms with Gasteiger partial charge in [0, 0.05) is 4.83 Å². The molecule has 0 heterocycles. The molecule has 2 aromatic rings. The predicted octanol–water partition coefficient (Wildman–Crippen LogP) is 5.47. The van der Waals surface area contributed by atoms with Gasteiger partial charge in [0.25, 0.3) is 0 Å². The van der Waals surface area contributed by atoms with Crippen LogP contribution in [0.1, 0.15) is 36.1 Å². The van der Waals surface area contributed by atoms with Crippen molar-refractivity contribution in [1.82, 2.24) is 0 Å². The largest absolute Gasteiger partial charge is 0.0836 e. The zero-order valence-corrected chi connectivity index (χ0v) is 11.5. The van der Waals surface area contributed by atoms with Crippen LogP contribution in [0.15, 0.2) is 42.5 Å². The predicted molar refractivity (Wildman–Crippen MR) is 77.6 cm³/mol. The zero-order valence-electron chi connectivity index (χ0n) is 9.90. The smallest absolute Gasteiger partial charge is 0.0429 e. The van der Waals surface area contributed by atoms with Crippen molar-refractivity contribution in [1.29, 1.82) is 0 Å². The Bertz CT molecular complexity index is 506. The summed E-state index contributed by atoms with van der Waals surface area (Å²) in [6, 6.07) is 15.4. The quantitative estimate of drug-likeness (QED) is 0.643. The Balaban J connectivity index is 2.04. The summed E-state index contributed by atoms with van der Waals surface area (Å²) in [5, 5.41) is 2.76. The van der Waals surface area contributed by atoms with Crippen molar-refractivity contribution < 1.29 is 0 Å². The number of halogens is 1. The van der Waals surface area contributed by atoms with E-state index in [9.17, 15) is 0 Å². The molecule has 1 fully saturated rings. The fourth-order valence-electron chi connectivity index (χ4n) is 2.99. The van der Waals surface area contributed by atoms with Gasteiger partial charge in [0.2, 0.25) is 0 Å². The van der Waals surface area contributed by atoms with Crippen molar-refractivity contribution in [2.75, 3.05) is 0 Å². The fraction of sp³-hybridized carbons (Fsp3) is 0.375. The van der Waals surface area contributed by atoms with Gasteiger partial charge in [-0.2, -0.15) is 0 Å². The van der Waals surface area contributed by atoms with Crippen LogP contribution in [-0.4, -0.2) is 0 Å². The van der Waals surface area contributed by atoms with E-state index < -0.39 is 0 Å². The number of alkyl halides is 1. The molecule has 88 valence electrons. The van der Waals surface area contributed by atoms with E-state index >= 15 is 0 Å². The van der Waals surface area contributed by atoms with Gasteiger partial charge in [0.05, 0.1) is 0 Å². The molecule has 1 heteroatoms. The lowest BCUT2D eigenvalue weighted by atomic mass is 9.94. The monoisotopic (exact) mass is 288 g/mol. The number of hydrogen-bond acceptors (Lipinski definition) is 0. The van der Waals surface area contributed by atoms with E-state index in [2.05, 4.69) is 58.4 Å². The standard InChI is InChI=1S/C16H17Br/c17-16(13-7-1-2-8-13)15-11-5-9-12-6-3-4-10-14(12)15/h3-6,9-11,13,16H,1-2,7-8H2. The Morgan fingerprint density at radius 2 is 1.65 bits per heavy atom. The van der Waals surface area contributed by atoms with Gasteiger partial charge in [-0.25, -0.2) is 0 Å². The molecule has 0 amide bonds. The van der Waals surface area contributed by atoms with E-state index in [1.54, 1.807) is 0 Å². The summed E-state index contributed by atoms with van der Waals surface area (Å²) in [5.41, 5.74) is 1.47. The molecule has 0 aliphatic heterocycles. The first-order valence-electron chi connectivity index (χ1n) is 6.48. The molecule has 1 unspecified atom stereocenters. The van der Waals surface area contributed by atoms with Crippen LogP contribution >= 0.6 is 15.9 Å². The highest BCUT2D eigenvalue weighted by Gasteiger charge is 2.24. The van der Waals surface area contributed by atoms with Crippen molar-refractivity contribution in [2.24, 2.45) is 5.92 Å². The maximum absolute atomic E-state index is 3.93. The van der Waals surface area contributed by atoms with Gasteiger partial charge >= 0.3 is 0 Å². The van der Waals surface area contributed by atoms with Gasteiger partial charge in [0.1, 0.15) is 0 Å². The molecule has 2 aromatic carbocycles. The summed E-state index contributed by atoms with van der Waals surface area (Å²) in [6.45, 7) is 0. The van der Waals surface area contributed by atoms with Crippen molar-refractivity contribution >= 4 is 26.7 Å². The molecular formula is C16H17Br. The van der Waals surface area contributed by atoms with E-state index in [4.69, 9.17) is 0 Å². The minimum atomic E-state index is 0.524. The van der Waals surface area contributed by atoms with Crippen molar-refractivity contribution in [3.63, 3.8) is 0 Å². The molecular weight excluding hydrogens is 272 g/mol. The van der Waals surface area contributed by atoms with Crippen LogP contribution in [0.2, 0.25) is 0 Å². The van der Waals surface area contributed by atoms with Crippen LogP contribution in [0.25, 0.3) is 10.8 Å². The third-order valence-electron chi connectivity index (χ3n) is 3.93. The van der Waals surface area contributed by atoms with Crippen LogP contribution in [0, 0.1) is 5.92 Å². The third-order valence-corrected chi connectivity index (χ3v) is 5.18. The maximum atomic E-state index is 3.93. The van der Waals surface area contributed by atoms with Gasteiger partial charge in [-0.15, -0.1) is 0 Å². The normalized spacial score (nSPS) is 18.6. The second-order valence-corrected chi connectivity index (χ2v) is 6.00. The molecule has 1 aliphatic carbocycles. The summed E-state index contributed by atoms with van der Waals surface area (Å²) in [7, 11) is 0. The molecule has 0 aromatic heterocycles. The highest BCUT2D eigenvalue weighted by molar-refractivity contribution is 9.09. The average molecular weight is 289 g/mol. The van der Waals surface area contributed by atoms with Crippen molar-refractivity contribution in [3.05, 3.63) is 48.0 Å². The lowest BCUT2D eigenvalue weighted by Crippen LogP contribution is -2.03. The number of benzene rings is 2. The Morgan fingerprint density at radius 3 is 2.47 bits per heavy atom. The molecule has 0 nitrogen and oxygen atoms in total. The summed E-state index contributed by atoms with van der Waals surface area (Å²) in [6.07, 6.45) is 5.55. The van der Waals surface area contributed by atoms with E-state index in [0.717, 1.165) is 5.92 Å². The van der Waals surface area contributed by atoms with E-state index in [0.29, 0.717) is 4.83 Å². The average Bonchev–Trinajstić information content (AvgIpc) is 2.91. The Hall–Kier alpha value is -0.820. The van der Waals surface area contributed by atoms with Crippen LogP contribution < -0.4 is 0 Å². The van der Waals surface area contributed by atoms with Crippen LogP contribution in [0.5, 0.6) is 0 Å². The molecule has 1 saturated carbocycles.